The third-order valence-corrected chi connectivity index (χ3v) is 4.06. The molecule has 1 aromatic carbocycles. The maximum absolute atomic E-state index is 13.0. The number of nitrogens with zero attached hydrogens (tertiary/aromatic N) is 2. The Labute approximate surface area is 123 Å². The first kappa shape index (κ1) is 16.1. The van der Waals surface area contributed by atoms with E-state index < -0.39 is 18.3 Å². The quantitative estimate of drug-likeness (QED) is 0.930. The number of rotatable bonds is 3. The van der Waals surface area contributed by atoms with Gasteiger partial charge >= 0.3 is 6.18 Å². The minimum absolute atomic E-state index is 0.0765. The molecule has 118 valence electrons. The molecule has 3 nitrogen and oxygen atoms in total. The first-order valence-corrected chi connectivity index (χ1v) is 7.05. The highest BCUT2D eigenvalue weighted by atomic mass is 19.4. The molecule has 21 heavy (non-hydrogen) atoms. The van der Waals surface area contributed by atoms with Crippen LogP contribution in [0.25, 0.3) is 0 Å². The number of likely N-dealkylation sites (N-methyl/N-ethyl adjacent to an activating group) is 1. The predicted octanol–water partition coefficient (Wildman–Crippen LogP) is 2.73. The summed E-state index contributed by atoms with van der Waals surface area (Å²) in [4.78, 5) is 4.10. The SMILES string of the molecule is CN(C)C1CCCN(c2ccc(CO)c(C(F)(F)F)c2)C1. The number of benzene rings is 1. The van der Waals surface area contributed by atoms with Crippen LogP contribution in [0, 0.1) is 0 Å². The van der Waals surface area contributed by atoms with Crippen LogP contribution >= 0.6 is 0 Å². The fraction of sp³-hybridized carbons (Fsp3) is 0.600. The molecule has 1 aromatic rings. The highest BCUT2D eigenvalue weighted by Crippen LogP contribution is 2.35. The first-order valence-electron chi connectivity index (χ1n) is 7.05. The minimum Gasteiger partial charge on any atom is -0.392 e. The van der Waals surface area contributed by atoms with E-state index in [-0.39, 0.29) is 5.56 Å². The van der Waals surface area contributed by atoms with Crippen molar-refractivity contribution in [1.29, 1.82) is 0 Å². The fourth-order valence-electron chi connectivity index (χ4n) is 2.77. The van der Waals surface area contributed by atoms with E-state index in [1.165, 1.54) is 6.07 Å². The standard InChI is InChI=1S/C15H21F3N2O/c1-19(2)13-4-3-7-20(9-13)12-6-5-11(10-21)14(8-12)15(16,17)18/h5-6,8,13,21H,3-4,7,9-10H2,1-2H3. The van der Waals surface area contributed by atoms with Crippen LogP contribution in [0.15, 0.2) is 18.2 Å². The van der Waals surface area contributed by atoms with Crippen LogP contribution in [0.4, 0.5) is 18.9 Å². The molecule has 6 heteroatoms. The Bertz CT molecular complexity index is 488. The Morgan fingerprint density at radius 1 is 1.33 bits per heavy atom. The molecule has 0 saturated carbocycles. The van der Waals surface area contributed by atoms with Gasteiger partial charge in [0.15, 0.2) is 0 Å². The summed E-state index contributed by atoms with van der Waals surface area (Å²) in [5.41, 5.74) is -0.243. The number of aliphatic hydroxyl groups excluding tert-OH is 1. The molecule has 1 saturated heterocycles. The fourth-order valence-corrected chi connectivity index (χ4v) is 2.77. The first-order chi connectivity index (χ1) is 9.82. The lowest BCUT2D eigenvalue weighted by Crippen LogP contribution is -2.45. The van der Waals surface area contributed by atoms with Crippen LogP contribution in [0.3, 0.4) is 0 Å². The molecule has 0 bridgehead atoms. The second-order valence-corrected chi connectivity index (χ2v) is 5.70. The Balaban J connectivity index is 2.28. The van der Waals surface area contributed by atoms with Crippen LogP contribution in [0.5, 0.6) is 0 Å². The molecule has 2 rings (SSSR count). The van der Waals surface area contributed by atoms with Gasteiger partial charge in [0.1, 0.15) is 0 Å². The van der Waals surface area contributed by atoms with Gasteiger partial charge in [-0.1, -0.05) is 6.07 Å². The number of halogens is 3. The van der Waals surface area contributed by atoms with Gasteiger partial charge in [-0.3, -0.25) is 0 Å². The van der Waals surface area contributed by atoms with Gasteiger partial charge in [-0.15, -0.1) is 0 Å². The predicted molar refractivity (Wildman–Crippen MR) is 76.3 cm³/mol. The van der Waals surface area contributed by atoms with Crippen molar-refractivity contribution in [2.24, 2.45) is 0 Å². The van der Waals surface area contributed by atoms with E-state index in [9.17, 15) is 13.2 Å². The number of alkyl halides is 3. The van der Waals surface area contributed by atoms with Crippen LogP contribution in [0.2, 0.25) is 0 Å². The molecule has 1 aliphatic rings. The lowest BCUT2D eigenvalue weighted by molar-refractivity contribution is -0.138. The monoisotopic (exact) mass is 302 g/mol. The van der Waals surface area contributed by atoms with Gasteiger partial charge in [-0.05, 0) is 44.6 Å². The highest BCUT2D eigenvalue weighted by Gasteiger charge is 2.34. The van der Waals surface area contributed by atoms with Crippen LogP contribution < -0.4 is 4.90 Å². The van der Waals surface area contributed by atoms with Crippen molar-refractivity contribution in [3.8, 4) is 0 Å². The Morgan fingerprint density at radius 2 is 2.05 bits per heavy atom. The summed E-state index contributed by atoms with van der Waals surface area (Å²) in [6.07, 6.45) is -2.42. The van der Waals surface area contributed by atoms with Gasteiger partial charge in [0, 0.05) is 24.8 Å². The summed E-state index contributed by atoms with van der Waals surface area (Å²) in [5, 5.41) is 9.08. The smallest absolute Gasteiger partial charge is 0.392 e. The summed E-state index contributed by atoms with van der Waals surface area (Å²) in [6, 6.07) is 4.55. The van der Waals surface area contributed by atoms with Gasteiger partial charge in [0.2, 0.25) is 0 Å². The van der Waals surface area contributed by atoms with E-state index in [2.05, 4.69) is 4.90 Å². The van der Waals surface area contributed by atoms with Crippen molar-refractivity contribution in [1.82, 2.24) is 4.90 Å². The number of hydrogen-bond acceptors (Lipinski definition) is 3. The number of anilines is 1. The number of hydrogen-bond donors (Lipinski definition) is 1. The van der Waals surface area contributed by atoms with E-state index in [1.807, 2.05) is 19.0 Å². The van der Waals surface area contributed by atoms with E-state index >= 15 is 0 Å². The maximum atomic E-state index is 13.0. The molecule has 1 N–H and O–H groups in total. The number of aliphatic hydroxyl groups is 1. The van der Waals surface area contributed by atoms with E-state index in [4.69, 9.17) is 5.11 Å². The van der Waals surface area contributed by atoms with Crippen molar-refractivity contribution < 1.29 is 18.3 Å². The molecule has 1 atom stereocenters. The molecule has 1 heterocycles. The van der Waals surface area contributed by atoms with E-state index in [0.717, 1.165) is 32.0 Å². The van der Waals surface area contributed by atoms with Crippen LogP contribution in [-0.2, 0) is 12.8 Å². The molecular weight excluding hydrogens is 281 g/mol. The summed E-state index contributed by atoms with van der Waals surface area (Å²) < 4.78 is 39.1. The molecule has 0 amide bonds. The van der Waals surface area contributed by atoms with Crippen molar-refractivity contribution >= 4 is 5.69 Å². The van der Waals surface area contributed by atoms with Gasteiger partial charge in [-0.25, -0.2) is 0 Å². The van der Waals surface area contributed by atoms with Crippen molar-refractivity contribution in [3.63, 3.8) is 0 Å². The molecule has 0 aliphatic carbocycles. The topological polar surface area (TPSA) is 26.7 Å². The molecule has 0 spiro atoms. The molecule has 0 radical (unpaired) electrons. The average Bonchev–Trinajstić information content (AvgIpc) is 2.45. The summed E-state index contributed by atoms with van der Waals surface area (Å²) >= 11 is 0. The van der Waals surface area contributed by atoms with Gasteiger partial charge in [0.25, 0.3) is 0 Å². The molecule has 0 aromatic heterocycles. The highest BCUT2D eigenvalue weighted by molar-refractivity contribution is 5.52. The third-order valence-electron chi connectivity index (χ3n) is 4.06. The lowest BCUT2D eigenvalue weighted by atomic mass is 10.0. The Hall–Kier alpha value is -1.27. The third kappa shape index (κ3) is 3.68. The Morgan fingerprint density at radius 3 is 2.62 bits per heavy atom. The normalized spacial score (nSPS) is 20.1. The zero-order valence-corrected chi connectivity index (χ0v) is 12.3. The largest absolute Gasteiger partial charge is 0.416 e. The van der Waals surface area contributed by atoms with E-state index in [1.54, 1.807) is 6.07 Å². The zero-order chi connectivity index (χ0) is 15.6. The summed E-state index contributed by atoms with van der Waals surface area (Å²) in [5.74, 6) is 0. The van der Waals surface area contributed by atoms with Gasteiger partial charge in [-0.2, -0.15) is 13.2 Å². The average molecular weight is 302 g/mol. The molecule has 1 aliphatic heterocycles. The van der Waals surface area contributed by atoms with Crippen molar-refractivity contribution in [2.75, 3.05) is 32.1 Å². The number of piperidine rings is 1. The summed E-state index contributed by atoms with van der Waals surface area (Å²) in [7, 11) is 3.98. The van der Waals surface area contributed by atoms with Crippen molar-refractivity contribution in [2.45, 2.75) is 31.7 Å². The van der Waals surface area contributed by atoms with Crippen LogP contribution in [-0.4, -0.2) is 43.2 Å². The molecule has 1 unspecified atom stereocenters. The van der Waals surface area contributed by atoms with Gasteiger partial charge < -0.3 is 14.9 Å². The van der Waals surface area contributed by atoms with Crippen molar-refractivity contribution in [3.05, 3.63) is 29.3 Å². The lowest BCUT2D eigenvalue weighted by Gasteiger charge is -2.37. The summed E-state index contributed by atoms with van der Waals surface area (Å²) in [6.45, 7) is 0.887. The molecular formula is C15H21F3N2O. The maximum Gasteiger partial charge on any atom is 0.416 e. The molecule has 1 fully saturated rings. The second-order valence-electron chi connectivity index (χ2n) is 5.70. The second kappa shape index (κ2) is 6.23. The van der Waals surface area contributed by atoms with Crippen LogP contribution in [0.1, 0.15) is 24.0 Å². The van der Waals surface area contributed by atoms with Gasteiger partial charge in [0.05, 0.1) is 12.2 Å². The zero-order valence-electron chi connectivity index (χ0n) is 12.3. The van der Waals surface area contributed by atoms with E-state index in [0.29, 0.717) is 11.7 Å². The minimum atomic E-state index is -4.44. The Kier molecular flexibility index (Phi) is 4.78.